The highest BCUT2D eigenvalue weighted by molar-refractivity contribution is 6.30. The lowest BCUT2D eigenvalue weighted by molar-refractivity contribution is -0.143. The zero-order valence-electron chi connectivity index (χ0n) is 11.6. The fourth-order valence-electron chi connectivity index (χ4n) is 2.35. The Morgan fingerprint density at radius 3 is 2.39 bits per heavy atom. The molecule has 1 N–H and O–H groups in total. The Bertz CT molecular complexity index is 737. The molecule has 2 heterocycles. The van der Waals surface area contributed by atoms with E-state index in [0.29, 0.717) is 9.70 Å². The van der Waals surface area contributed by atoms with Crippen LogP contribution in [0.25, 0.3) is 5.69 Å². The highest BCUT2D eigenvalue weighted by Crippen LogP contribution is 2.34. The van der Waals surface area contributed by atoms with Crippen LogP contribution in [0.2, 0.25) is 5.02 Å². The van der Waals surface area contributed by atoms with E-state index in [1.54, 1.807) is 0 Å². The number of aliphatic hydroxyl groups is 1. The molecule has 5 nitrogen and oxygen atoms in total. The van der Waals surface area contributed by atoms with Gasteiger partial charge in [-0.25, -0.2) is 4.68 Å². The largest absolute Gasteiger partial charge is 0.434 e. The van der Waals surface area contributed by atoms with Crippen LogP contribution in [0.5, 0.6) is 0 Å². The number of aromatic nitrogens is 2. The minimum absolute atomic E-state index is 0.0161. The molecule has 0 saturated carbocycles. The molecule has 1 amide bonds. The van der Waals surface area contributed by atoms with Crippen LogP contribution in [0, 0.1) is 0 Å². The Labute approximate surface area is 133 Å². The van der Waals surface area contributed by atoms with Gasteiger partial charge in [0.2, 0.25) is 0 Å². The highest BCUT2D eigenvalue weighted by atomic mass is 35.5. The molecule has 2 aromatic rings. The van der Waals surface area contributed by atoms with Crippen LogP contribution in [0.4, 0.5) is 13.2 Å². The summed E-state index contributed by atoms with van der Waals surface area (Å²) in [6.07, 6.45) is -4.56. The Hall–Kier alpha value is -2.06. The van der Waals surface area contributed by atoms with Gasteiger partial charge < -0.3 is 10.0 Å². The maximum atomic E-state index is 13.4. The molecule has 1 saturated heterocycles. The Morgan fingerprint density at radius 2 is 1.87 bits per heavy atom. The van der Waals surface area contributed by atoms with Gasteiger partial charge in [0.25, 0.3) is 5.91 Å². The fraction of sp³-hybridized carbons (Fsp3) is 0.286. The molecule has 1 fully saturated rings. The third-order valence-corrected chi connectivity index (χ3v) is 3.74. The summed E-state index contributed by atoms with van der Waals surface area (Å²) in [5, 5.41) is 13.3. The van der Waals surface area contributed by atoms with Gasteiger partial charge in [0, 0.05) is 18.1 Å². The van der Waals surface area contributed by atoms with Crippen LogP contribution in [-0.4, -0.2) is 44.9 Å². The molecule has 0 radical (unpaired) electrons. The Balaban J connectivity index is 2.04. The van der Waals surface area contributed by atoms with Gasteiger partial charge in [-0.2, -0.15) is 18.3 Å². The standard InChI is InChI=1S/C14H11ClF3N3O2/c15-8-1-3-9(4-2-8)21-12(14(16,17)18)11(5-19-21)13(23)20-6-10(22)7-20/h1-5,10,22H,6-7H2. The number of halogens is 4. The van der Waals surface area contributed by atoms with Crippen LogP contribution < -0.4 is 0 Å². The number of carbonyl (C=O) groups excluding carboxylic acids is 1. The number of nitrogens with zero attached hydrogens (tertiary/aromatic N) is 3. The number of likely N-dealkylation sites (tertiary alicyclic amines) is 1. The lowest BCUT2D eigenvalue weighted by Crippen LogP contribution is -2.53. The molecule has 0 unspecified atom stereocenters. The molecule has 0 bridgehead atoms. The molecule has 122 valence electrons. The van der Waals surface area contributed by atoms with E-state index >= 15 is 0 Å². The van der Waals surface area contributed by atoms with Gasteiger partial charge in [0.15, 0.2) is 5.69 Å². The van der Waals surface area contributed by atoms with Gasteiger partial charge in [-0.1, -0.05) is 11.6 Å². The van der Waals surface area contributed by atoms with E-state index in [-0.39, 0.29) is 18.8 Å². The number of rotatable bonds is 2. The Morgan fingerprint density at radius 1 is 1.26 bits per heavy atom. The summed E-state index contributed by atoms with van der Waals surface area (Å²) in [5.74, 6) is -0.803. The molecule has 23 heavy (non-hydrogen) atoms. The molecule has 0 atom stereocenters. The van der Waals surface area contributed by atoms with Gasteiger partial charge >= 0.3 is 6.18 Å². The van der Waals surface area contributed by atoms with Crippen LogP contribution in [0.15, 0.2) is 30.5 Å². The summed E-state index contributed by atoms with van der Waals surface area (Å²) in [7, 11) is 0. The predicted octanol–water partition coefficient (Wildman–Crippen LogP) is 2.36. The average Bonchev–Trinajstić information content (AvgIpc) is 2.89. The van der Waals surface area contributed by atoms with Crippen molar-refractivity contribution in [2.45, 2.75) is 12.3 Å². The first-order valence-electron chi connectivity index (χ1n) is 6.66. The van der Waals surface area contributed by atoms with E-state index in [1.807, 2.05) is 0 Å². The second kappa shape index (κ2) is 5.54. The van der Waals surface area contributed by atoms with E-state index in [9.17, 15) is 23.1 Å². The van der Waals surface area contributed by atoms with Crippen molar-refractivity contribution in [2.75, 3.05) is 13.1 Å². The molecular weight excluding hydrogens is 335 g/mol. The maximum absolute atomic E-state index is 13.4. The maximum Gasteiger partial charge on any atom is 0.434 e. The molecule has 1 aromatic carbocycles. The summed E-state index contributed by atoms with van der Waals surface area (Å²) >= 11 is 5.73. The van der Waals surface area contributed by atoms with Crippen molar-refractivity contribution in [3.63, 3.8) is 0 Å². The number of carbonyl (C=O) groups is 1. The molecule has 1 aliphatic heterocycles. The summed E-state index contributed by atoms with van der Waals surface area (Å²) in [4.78, 5) is 13.3. The number of hydrogen-bond acceptors (Lipinski definition) is 3. The summed E-state index contributed by atoms with van der Waals surface area (Å²) in [5.41, 5.74) is -1.55. The van der Waals surface area contributed by atoms with Crippen LogP contribution in [0.3, 0.4) is 0 Å². The lowest BCUT2D eigenvalue weighted by Gasteiger charge is -2.35. The van der Waals surface area contributed by atoms with Gasteiger partial charge in [0.1, 0.15) is 0 Å². The van der Waals surface area contributed by atoms with E-state index in [1.165, 1.54) is 24.3 Å². The minimum Gasteiger partial charge on any atom is -0.389 e. The third kappa shape index (κ3) is 2.91. The number of hydrogen-bond donors (Lipinski definition) is 1. The first kappa shape index (κ1) is 15.8. The van der Waals surface area contributed by atoms with Crippen molar-refractivity contribution in [3.8, 4) is 5.69 Å². The van der Waals surface area contributed by atoms with E-state index < -0.39 is 29.4 Å². The average molecular weight is 346 g/mol. The molecule has 0 aliphatic carbocycles. The van der Waals surface area contributed by atoms with E-state index in [0.717, 1.165) is 11.1 Å². The van der Waals surface area contributed by atoms with Crippen molar-refractivity contribution >= 4 is 17.5 Å². The van der Waals surface area contributed by atoms with Gasteiger partial charge in [0.05, 0.1) is 23.6 Å². The molecule has 0 spiro atoms. The molecule has 1 aliphatic rings. The smallest absolute Gasteiger partial charge is 0.389 e. The van der Waals surface area contributed by atoms with Crippen molar-refractivity contribution in [3.05, 3.63) is 46.7 Å². The normalized spacial score (nSPS) is 15.6. The highest BCUT2D eigenvalue weighted by Gasteiger charge is 2.42. The number of benzene rings is 1. The minimum atomic E-state index is -4.76. The Kier molecular flexibility index (Phi) is 3.81. The van der Waals surface area contributed by atoms with Crippen molar-refractivity contribution in [1.29, 1.82) is 0 Å². The van der Waals surface area contributed by atoms with E-state index in [4.69, 9.17) is 11.6 Å². The number of alkyl halides is 3. The van der Waals surface area contributed by atoms with E-state index in [2.05, 4.69) is 5.10 Å². The lowest BCUT2D eigenvalue weighted by atomic mass is 10.1. The third-order valence-electron chi connectivity index (χ3n) is 3.49. The zero-order chi connectivity index (χ0) is 16.8. The van der Waals surface area contributed by atoms with Crippen LogP contribution in [0.1, 0.15) is 16.1 Å². The second-order valence-electron chi connectivity index (χ2n) is 5.16. The van der Waals surface area contributed by atoms with Crippen molar-refractivity contribution in [2.24, 2.45) is 0 Å². The monoisotopic (exact) mass is 345 g/mol. The molecule has 3 rings (SSSR count). The first-order valence-corrected chi connectivity index (χ1v) is 7.03. The second-order valence-corrected chi connectivity index (χ2v) is 5.59. The van der Waals surface area contributed by atoms with Crippen molar-refractivity contribution in [1.82, 2.24) is 14.7 Å². The molecule has 9 heteroatoms. The van der Waals surface area contributed by atoms with Crippen LogP contribution >= 0.6 is 11.6 Å². The fourth-order valence-corrected chi connectivity index (χ4v) is 2.47. The quantitative estimate of drug-likeness (QED) is 0.909. The SMILES string of the molecule is O=C(c1cnn(-c2ccc(Cl)cc2)c1C(F)(F)F)N1CC(O)C1. The van der Waals surface area contributed by atoms with Gasteiger partial charge in [-0.3, -0.25) is 4.79 Å². The van der Waals surface area contributed by atoms with Gasteiger partial charge in [-0.05, 0) is 24.3 Å². The topological polar surface area (TPSA) is 58.4 Å². The number of β-amino-alcohol motifs (C(OH)–C–C–N with tert-alkyl or cyclic N) is 1. The summed E-state index contributed by atoms with van der Waals surface area (Å²) in [6.45, 7) is 0.0323. The molecular formula is C14H11ClF3N3O2. The zero-order valence-corrected chi connectivity index (χ0v) is 12.3. The molecule has 1 aromatic heterocycles. The van der Waals surface area contributed by atoms with Crippen molar-refractivity contribution < 1.29 is 23.1 Å². The summed E-state index contributed by atoms with van der Waals surface area (Å²) in [6, 6.07) is 5.64. The first-order chi connectivity index (χ1) is 10.8. The predicted molar refractivity (Wildman–Crippen MR) is 75.5 cm³/mol. The summed E-state index contributed by atoms with van der Waals surface area (Å²) < 4.78 is 40.9. The number of amides is 1. The van der Waals surface area contributed by atoms with Gasteiger partial charge in [-0.15, -0.1) is 0 Å². The van der Waals surface area contributed by atoms with Crippen LogP contribution in [-0.2, 0) is 6.18 Å². The number of aliphatic hydroxyl groups excluding tert-OH is 1.